The molecule has 0 aromatic carbocycles. The molecular weight excluding hydrogens is 300 g/mol. The van der Waals surface area contributed by atoms with E-state index >= 15 is 0 Å². The second-order valence-electron chi connectivity index (χ2n) is 6.97. The van der Waals surface area contributed by atoms with Gasteiger partial charge in [0.25, 0.3) is 5.56 Å². The van der Waals surface area contributed by atoms with E-state index in [9.17, 15) is 4.79 Å². The Bertz CT molecular complexity index is 760. The van der Waals surface area contributed by atoms with Crippen molar-refractivity contribution in [3.8, 4) is 0 Å². The maximum absolute atomic E-state index is 11.9. The first-order chi connectivity index (χ1) is 10.5. The predicted molar refractivity (Wildman–Crippen MR) is 85.7 cm³/mol. The van der Waals surface area contributed by atoms with Gasteiger partial charge in [-0.1, -0.05) is 24.2 Å². The lowest BCUT2D eigenvalue weighted by Crippen LogP contribution is -2.58. The summed E-state index contributed by atoms with van der Waals surface area (Å²) in [6.45, 7) is 5.91. The second kappa shape index (κ2) is 4.76. The molecule has 6 nitrogen and oxygen atoms in total. The van der Waals surface area contributed by atoms with Crippen LogP contribution >= 0.6 is 11.3 Å². The van der Waals surface area contributed by atoms with Crippen molar-refractivity contribution in [2.24, 2.45) is 0 Å². The van der Waals surface area contributed by atoms with Crippen molar-refractivity contribution in [1.29, 1.82) is 0 Å². The quantitative estimate of drug-likeness (QED) is 0.805. The fourth-order valence-electron chi connectivity index (χ4n) is 3.79. The first kappa shape index (κ1) is 14.1. The maximum atomic E-state index is 11.9. The number of hydrogen-bond acceptors (Lipinski definition) is 6. The van der Waals surface area contributed by atoms with Gasteiger partial charge in [-0.25, -0.2) is 4.98 Å². The minimum atomic E-state index is -0.209. The lowest BCUT2D eigenvalue weighted by atomic mass is 9.94. The summed E-state index contributed by atoms with van der Waals surface area (Å²) in [5, 5.41) is 5.35. The Morgan fingerprint density at radius 3 is 2.77 bits per heavy atom. The molecule has 7 heteroatoms. The number of morpholine rings is 1. The average molecular weight is 320 g/mol. The lowest BCUT2D eigenvalue weighted by molar-refractivity contribution is -0.148. The molecule has 2 aromatic heterocycles. The number of anilines is 1. The molecule has 22 heavy (non-hydrogen) atoms. The van der Waals surface area contributed by atoms with Crippen molar-refractivity contribution in [2.75, 3.05) is 18.0 Å². The molecule has 1 spiro atoms. The van der Waals surface area contributed by atoms with Crippen molar-refractivity contribution < 1.29 is 4.74 Å². The van der Waals surface area contributed by atoms with Crippen molar-refractivity contribution in [3.05, 3.63) is 22.6 Å². The van der Waals surface area contributed by atoms with Crippen LogP contribution in [0.4, 0.5) is 5.13 Å². The van der Waals surface area contributed by atoms with Gasteiger partial charge in [0.1, 0.15) is 0 Å². The lowest BCUT2D eigenvalue weighted by Gasteiger charge is -2.48. The predicted octanol–water partition coefficient (Wildman–Crippen LogP) is 2.08. The Morgan fingerprint density at radius 2 is 2.05 bits per heavy atom. The summed E-state index contributed by atoms with van der Waals surface area (Å²) in [5.41, 5.74) is -0.396. The van der Waals surface area contributed by atoms with E-state index in [-0.39, 0.29) is 16.8 Å². The van der Waals surface area contributed by atoms with E-state index < -0.39 is 0 Å². The van der Waals surface area contributed by atoms with Gasteiger partial charge in [-0.05, 0) is 26.7 Å². The van der Waals surface area contributed by atoms with Gasteiger partial charge < -0.3 is 9.64 Å². The van der Waals surface area contributed by atoms with Gasteiger partial charge >= 0.3 is 0 Å². The second-order valence-corrected chi connectivity index (χ2v) is 7.90. The van der Waals surface area contributed by atoms with Crippen LogP contribution in [0, 0.1) is 0 Å². The maximum Gasteiger partial charge on any atom is 0.275 e. The van der Waals surface area contributed by atoms with Crippen LogP contribution in [0.2, 0.25) is 0 Å². The number of rotatable bonds is 1. The number of aromatic nitrogens is 3. The van der Waals surface area contributed by atoms with Crippen LogP contribution in [-0.4, -0.2) is 38.9 Å². The van der Waals surface area contributed by atoms with E-state index in [1.807, 2.05) is 0 Å². The minimum Gasteiger partial charge on any atom is -0.365 e. The van der Waals surface area contributed by atoms with Crippen LogP contribution in [0.5, 0.6) is 0 Å². The van der Waals surface area contributed by atoms with Crippen LogP contribution in [0.1, 0.15) is 39.5 Å². The fourth-order valence-corrected chi connectivity index (χ4v) is 4.66. The van der Waals surface area contributed by atoms with E-state index in [4.69, 9.17) is 4.74 Å². The van der Waals surface area contributed by atoms with E-state index in [1.54, 1.807) is 6.20 Å². The van der Waals surface area contributed by atoms with E-state index in [1.165, 1.54) is 34.8 Å². The highest BCUT2D eigenvalue weighted by molar-refractivity contribution is 7.20. The smallest absolute Gasteiger partial charge is 0.275 e. The molecule has 0 amide bonds. The average Bonchev–Trinajstić information content (AvgIpc) is 3.04. The van der Waals surface area contributed by atoms with Crippen LogP contribution in [-0.2, 0) is 4.74 Å². The Morgan fingerprint density at radius 1 is 1.27 bits per heavy atom. The number of hydrogen-bond donors (Lipinski definition) is 0. The summed E-state index contributed by atoms with van der Waals surface area (Å²) in [6, 6.07) is 1.44. The SMILES string of the molecule is CC1(C)CN(c2nn3c(=O)ccnc3s2)CC2(CCCC2)O1. The van der Waals surface area contributed by atoms with Crippen LogP contribution in [0.3, 0.4) is 0 Å². The molecule has 0 bridgehead atoms. The zero-order chi connectivity index (χ0) is 15.4. The molecule has 1 aliphatic heterocycles. The highest BCUT2D eigenvalue weighted by Gasteiger charge is 2.46. The van der Waals surface area contributed by atoms with Crippen LogP contribution in [0.25, 0.3) is 4.96 Å². The molecule has 0 unspecified atom stereocenters. The molecule has 2 aliphatic rings. The molecule has 1 saturated carbocycles. The molecule has 0 atom stereocenters. The molecule has 4 rings (SSSR count). The molecule has 0 radical (unpaired) electrons. The molecule has 1 aliphatic carbocycles. The minimum absolute atomic E-state index is 0.0575. The number of nitrogens with zero attached hydrogens (tertiary/aromatic N) is 4. The molecule has 2 fully saturated rings. The molecule has 0 N–H and O–H groups in total. The van der Waals surface area contributed by atoms with Crippen LogP contribution in [0.15, 0.2) is 17.1 Å². The van der Waals surface area contributed by atoms with Gasteiger partial charge in [-0.3, -0.25) is 4.79 Å². The van der Waals surface area contributed by atoms with E-state index in [0.717, 1.165) is 31.1 Å². The Balaban J connectivity index is 1.73. The third-order valence-electron chi connectivity index (χ3n) is 4.49. The van der Waals surface area contributed by atoms with Gasteiger partial charge in [0.15, 0.2) is 0 Å². The fraction of sp³-hybridized carbons (Fsp3) is 0.667. The van der Waals surface area contributed by atoms with Crippen molar-refractivity contribution in [3.63, 3.8) is 0 Å². The van der Waals surface area contributed by atoms with E-state index in [0.29, 0.717) is 4.96 Å². The van der Waals surface area contributed by atoms with Crippen LogP contribution < -0.4 is 10.5 Å². The van der Waals surface area contributed by atoms with Gasteiger partial charge in [0, 0.05) is 25.4 Å². The summed E-state index contributed by atoms with van der Waals surface area (Å²) in [4.78, 5) is 19.0. The highest BCUT2D eigenvalue weighted by Crippen LogP contribution is 2.42. The van der Waals surface area contributed by atoms with Gasteiger partial charge in [0.2, 0.25) is 10.1 Å². The standard InChI is InChI=1S/C15H20N4O2S/c1-14(2)9-18(10-15(21-14)6-3-4-7-15)13-17-19-11(20)5-8-16-12(19)22-13/h5,8H,3-4,6-7,9-10H2,1-2H3. The van der Waals surface area contributed by atoms with Gasteiger partial charge in [-0.15, -0.1) is 5.10 Å². The van der Waals surface area contributed by atoms with Crippen molar-refractivity contribution in [2.45, 2.75) is 50.7 Å². The van der Waals surface area contributed by atoms with Gasteiger partial charge in [-0.2, -0.15) is 4.52 Å². The highest BCUT2D eigenvalue weighted by atomic mass is 32.1. The summed E-state index contributed by atoms with van der Waals surface area (Å²) in [7, 11) is 0. The summed E-state index contributed by atoms with van der Waals surface area (Å²) in [6.07, 6.45) is 6.21. The first-order valence-corrected chi connectivity index (χ1v) is 8.58. The van der Waals surface area contributed by atoms with Gasteiger partial charge in [0.05, 0.1) is 11.2 Å². The molecule has 118 valence electrons. The Labute approximate surface area is 132 Å². The zero-order valence-electron chi connectivity index (χ0n) is 12.9. The number of ether oxygens (including phenoxy) is 1. The third-order valence-corrected chi connectivity index (χ3v) is 5.47. The normalized spacial score (nSPS) is 23.5. The molecule has 1 saturated heterocycles. The zero-order valence-corrected chi connectivity index (χ0v) is 13.7. The molecule has 3 heterocycles. The third kappa shape index (κ3) is 2.32. The number of fused-ring (bicyclic) bond motifs is 1. The van der Waals surface area contributed by atoms with Crippen molar-refractivity contribution in [1.82, 2.24) is 14.6 Å². The summed E-state index contributed by atoms with van der Waals surface area (Å²) in [5.74, 6) is 0. The Hall–Kier alpha value is -1.47. The molecule has 2 aromatic rings. The molecular formula is C15H20N4O2S. The first-order valence-electron chi connectivity index (χ1n) is 7.77. The monoisotopic (exact) mass is 320 g/mol. The van der Waals surface area contributed by atoms with E-state index in [2.05, 4.69) is 28.8 Å². The largest absolute Gasteiger partial charge is 0.365 e. The summed E-state index contributed by atoms with van der Waals surface area (Å²) >= 11 is 1.47. The summed E-state index contributed by atoms with van der Waals surface area (Å²) < 4.78 is 7.82. The topological polar surface area (TPSA) is 59.7 Å². The Kier molecular flexibility index (Phi) is 3.06. The van der Waals surface area contributed by atoms with Crippen molar-refractivity contribution >= 4 is 21.4 Å².